The highest BCUT2D eigenvalue weighted by Gasteiger charge is 2.15. The van der Waals surface area contributed by atoms with Gasteiger partial charge in [-0.05, 0) is 103 Å². The standard InChI is InChI=1S/C48H30N2/c1-2-12-33-26-38(21-20-31(33)10-1)48-30-43(34-14-9-15-37(27-34)46-24-22-32-11-4-8-19-45(32)49-46)44-29-36(23-25-47(44)50-48)42-28-35-13-3-5-16-39(35)40-17-6-7-18-41(40)42/h1-30H. The molecule has 0 unspecified atom stereocenters. The molecule has 0 aliphatic carbocycles. The molecule has 0 saturated heterocycles. The molecule has 2 heterocycles. The number of hydrogen-bond donors (Lipinski definition) is 0. The summed E-state index contributed by atoms with van der Waals surface area (Å²) in [5.41, 5.74) is 10.7. The van der Waals surface area contributed by atoms with Gasteiger partial charge in [0.25, 0.3) is 0 Å². The lowest BCUT2D eigenvalue weighted by Gasteiger charge is -2.15. The fourth-order valence-electron chi connectivity index (χ4n) is 7.49. The Morgan fingerprint density at radius 2 is 0.880 bits per heavy atom. The van der Waals surface area contributed by atoms with Gasteiger partial charge in [0.05, 0.1) is 22.4 Å². The molecule has 8 aromatic carbocycles. The third-order valence-electron chi connectivity index (χ3n) is 10.0. The highest BCUT2D eigenvalue weighted by atomic mass is 14.7. The van der Waals surface area contributed by atoms with Gasteiger partial charge in [0.2, 0.25) is 0 Å². The van der Waals surface area contributed by atoms with Crippen molar-refractivity contribution in [2.45, 2.75) is 0 Å². The molecule has 0 spiro atoms. The number of fused-ring (bicyclic) bond motifs is 6. The van der Waals surface area contributed by atoms with Crippen molar-refractivity contribution in [1.29, 1.82) is 0 Å². The van der Waals surface area contributed by atoms with Gasteiger partial charge in [0.15, 0.2) is 0 Å². The average Bonchev–Trinajstić information content (AvgIpc) is 3.19. The number of rotatable bonds is 4. The number of aromatic nitrogens is 2. The largest absolute Gasteiger partial charge is 0.248 e. The summed E-state index contributed by atoms with van der Waals surface area (Å²) in [5, 5.41) is 9.71. The molecule has 0 amide bonds. The number of hydrogen-bond acceptors (Lipinski definition) is 2. The Kier molecular flexibility index (Phi) is 6.53. The quantitative estimate of drug-likeness (QED) is 0.180. The van der Waals surface area contributed by atoms with Gasteiger partial charge in [-0.25, -0.2) is 9.97 Å². The molecule has 10 aromatic rings. The van der Waals surface area contributed by atoms with E-state index in [1.54, 1.807) is 0 Å². The molecule has 232 valence electrons. The summed E-state index contributed by atoms with van der Waals surface area (Å²) in [5.74, 6) is 0. The fraction of sp³-hybridized carbons (Fsp3) is 0. The second kappa shape index (κ2) is 11.5. The molecular formula is C48H30N2. The summed E-state index contributed by atoms with van der Waals surface area (Å²) in [7, 11) is 0. The van der Waals surface area contributed by atoms with Crippen molar-refractivity contribution in [2.24, 2.45) is 0 Å². The summed E-state index contributed by atoms with van der Waals surface area (Å²) in [4.78, 5) is 10.3. The molecule has 0 aliphatic rings. The van der Waals surface area contributed by atoms with Crippen LogP contribution in [0.2, 0.25) is 0 Å². The first-order valence-corrected chi connectivity index (χ1v) is 17.1. The maximum atomic E-state index is 5.29. The summed E-state index contributed by atoms with van der Waals surface area (Å²) in [6, 6.07) is 65.2. The van der Waals surface area contributed by atoms with E-state index in [4.69, 9.17) is 9.97 Å². The van der Waals surface area contributed by atoms with E-state index < -0.39 is 0 Å². The van der Waals surface area contributed by atoms with E-state index in [0.717, 1.165) is 55.4 Å². The maximum absolute atomic E-state index is 5.29. The Morgan fingerprint density at radius 1 is 0.260 bits per heavy atom. The maximum Gasteiger partial charge on any atom is 0.0716 e. The van der Waals surface area contributed by atoms with Gasteiger partial charge in [-0.2, -0.15) is 0 Å². The summed E-state index contributed by atoms with van der Waals surface area (Å²) in [6.45, 7) is 0. The lowest BCUT2D eigenvalue weighted by molar-refractivity contribution is 1.39. The Bertz CT molecular complexity index is 2940. The summed E-state index contributed by atoms with van der Waals surface area (Å²) < 4.78 is 0. The van der Waals surface area contributed by atoms with Gasteiger partial charge in [-0.1, -0.05) is 133 Å². The first-order chi connectivity index (χ1) is 24.7. The van der Waals surface area contributed by atoms with Crippen LogP contribution in [0.25, 0.3) is 98.9 Å². The first-order valence-electron chi connectivity index (χ1n) is 17.1. The molecule has 0 atom stereocenters. The van der Waals surface area contributed by atoms with Crippen molar-refractivity contribution in [3.8, 4) is 44.8 Å². The first kappa shape index (κ1) is 28.4. The smallest absolute Gasteiger partial charge is 0.0716 e. The Balaban J connectivity index is 1.20. The molecule has 10 rings (SSSR count). The van der Waals surface area contributed by atoms with E-state index >= 15 is 0 Å². The van der Waals surface area contributed by atoms with E-state index in [0.29, 0.717) is 0 Å². The van der Waals surface area contributed by atoms with Crippen molar-refractivity contribution >= 4 is 54.1 Å². The summed E-state index contributed by atoms with van der Waals surface area (Å²) in [6.07, 6.45) is 0. The van der Waals surface area contributed by atoms with Gasteiger partial charge in [-0.15, -0.1) is 0 Å². The van der Waals surface area contributed by atoms with Crippen LogP contribution in [0.4, 0.5) is 0 Å². The normalized spacial score (nSPS) is 11.6. The predicted octanol–water partition coefficient (Wildman–Crippen LogP) is 12.9. The molecule has 2 aromatic heterocycles. The summed E-state index contributed by atoms with van der Waals surface area (Å²) >= 11 is 0. The van der Waals surface area contributed by atoms with E-state index in [9.17, 15) is 0 Å². The zero-order chi connectivity index (χ0) is 33.0. The molecule has 0 aliphatic heterocycles. The molecule has 0 radical (unpaired) electrons. The number of nitrogens with zero attached hydrogens (tertiary/aromatic N) is 2. The minimum atomic E-state index is 0.955. The minimum absolute atomic E-state index is 0.955. The van der Waals surface area contributed by atoms with Crippen LogP contribution in [0, 0.1) is 0 Å². The molecule has 0 bridgehead atoms. The van der Waals surface area contributed by atoms with Crippen molar-refractivity contribution in [3.63, 3.8) is 0 Å². The second-order valence-electron chi connectivity index (χ2n) is 13.0. The SMILES string of the molecule is c1cc(-c2ccc3ccccc3n2)cc(-c2cc(-c3ccc4ccccc4c3)nc3ccc(-c4cc5ccccc5c5ccccc45)cc23)c1. The van der Waals surface area contributed by atoms with Gasteiger partial charge in [0.1, 0.15) is 0 Å². The Hall–Kier alpha value is -6.64. The van der Waals surface area contributed by atoms with Crippen molar-refractivity contribution in [3.05, 3.63) is 182 Å². The predicted molar refractivity (Wildman–Crippen MR) is 211 cm³/mol. The topological polar surface area (TPSA) is 25.8 Å². The fourth-order valence-corrected chi connectivity index (χ4v) is 7.49. The molecule has 2 heteroatoms. The van der Waals surface area contributed by atoms with Crippen molar-refractivity contribution in [1.82, 2.24) is 9.97 Å². The third kappa shape index (κ3) is 4.81. The monoisotopic (exact) mass is 634 g/mol. The van der Waals surface area contributed by atoms with Gasteiger partial charge in [0, 0.05) is 21.9 Å². The van der Waals surface area contributed by atoms with Gasteiger partial charge < -0.3 is 0 Å². The molecule has 0 saturated carbocycles. The molecule has 0 fully saturated rings. The van der Waals surface area contributed by atoms with Crippen LogP contribution in [0.1, 0.15) is 0 Å². The molecular weight excluding hydrogens is 605 g/mol. The van der Waals surface area contributed by atoms with Gasteiger partial charge >= 0.3 is 0 Å². The number of benzene rings is 8. The zero-order valence-corrected chi connectivity index (χ0v) is 27.2. The average molecular weight is 635 g/mol. The zero-order valence-electron chi connectivity index (χ0n) is 27.2. The van der Waals surface area contributed by atoms with E-state index in [-0.39, 0.29) is 0 Å². The van der Waals surface area contributed by atoms with Crippen LogP contribution in [-0.4, -0.2) is 9.97 Å². The van der Waals surface area contributed by atoms with E-state index in [2.05, 4.69) is 176 Å². The van der Waals surface area contributed by atoms with Crippen LogP contribution in [0.15, 0.2) is 182 Å². The van der Waals surface area contributed by atoms with E-state index in [1.807, 2.05) is 6.07 Å². The van der Waals surface area contributed by atoms with Crippen LogP contribution < -0.4 is 0 Å². The van der Waals surface area contributed by atoms with Crippen LogP contribution >= 0.6 is 0 Å². The second-order valence-corrected chi connectivity index (χ2v) is 13.0. The minimum Gasteiger partial charge on any atom is -0.248 e. The van der Waals surface area contributed by atoms with E-state index in [1.165, 1.54) is 43.4 Å². The Labute approximate surface area is 290 Å². The van der Waals surface area contributed by atoms with Crippen molar-refractivity contribution in [2.75, 3.05) is 0 Å². The van der Waals surface area contributed by atoms with Gasteiger partial charge in [-0.3, -0.25) is 0 Å². The third-order valence-corrected chi connectivity index (χ3v) is 10.0. The highest BCUT2D eigenvalue weighted by molar-refractivity contribution is 6.14. The molecule has 50 heavy (non-hydrogen) atoms. The molecule has 2 nitrogen and oxygen atoms in total. The van der Waals surface area contributed by atoms with Crippen LogP contribution in [0.3, 0.4) is 0 Å². The van der Waals surface area contributed by atoms with Crippen LogP contribution in [0.5, 0.6) is 0 Å². The lowest BCUT2D eigenvalue weighted by Crippen LogP contribution is -1.92. The van der Waals surface area contributed by atoms with Crippen molar-refractivity contribution < 1.29 is 0 Å². The van der Waals surface area contributed by atoms with Crippen LogP contribution in [-0.2, 0) is 0 Å². The Morgan fingerprint density at radius 3 is 1.78 bits per heavy atom. The number of para-hydroxylation sites is 1. The highest BCUT2D eigenvalue weighted by Crippen LogP contribution is 2.40. The molecule has 0 N–H and O–H groups in total. The number of pyridine rings is 2. The lowest BCUT2D eigenvalue weighted by atomic mass is 9.91.